The van der Waals surface area contributed by atoms with Gasteiger partial charge < -0.3 is 11.1 Å². The molecule has 1 aromatic carbocycles. The highest BCUT2D eigenvalue weighted by Crippen LogP contribution is 2.28. The molecule has 0 spiro atoms. The van der Waals surface area contributed by atoms with E-state index in [-0.39, 0.29) is 11.2 Å². The minimum Gasteiger partial charge on any atom is -0.399 e. The van der Waals surface area contributed by atoms with Crippen molar-refractivity contribution in [2.75, 3.05) is 11.1 Å². The van der Waals surface area contributed by atoms with Crippen LogP contribution in [0.1, 0.15) is 0 Å². The summed E-state index contributed by atoms with van der Waals surface area (Å²) >= 11 is 1.11. The molecular weight excluding hydrogens is 224 g/mol. The Kier molecular flexibility index (Phi) is 2.62. The summed E-state index contributed by atoms with van der Waals surface area (Å²) in [7, 11) is 0. The monoisotopic (exact) mass is 232 g/mol. The Morgan fingerprint density at radius 2 is 2.06 bits per heavy atom. The van der Waals surface area contributed by atoms with Crippen LogP contribution in [0.25, 0.3) is 4.85 Å². The fourth-order valence-electron chi connectivity index (χ4n) is 1.18. The quantitative estimate of drug-likeness (QED) is 0.549. The van der Waals surface area contributed by atoms with Crippen LogP contribution in [-0.4, -0.2) is 4.37 Å². The second-order valence-electron chi connectivity index (χ2n) is 3.07. The Labute approximate surface area is 95.5 Å². The Morgan fingerprint density at radius 1 is 1.38 bits per heavy atom. The number of aromatic amines is 1. The number of rotatable bonds is 2. The molecule has 0 saturated carbocycles. The number of benzene rings is 1. The van der Waals surface area contributed by atoms with Crippen molar-refractivity contribution in [1.29, 1.82) is 0 Å². The first-order valence-electron chi connectivity index (χ1n) is 4.42. The highest BCUT2D eigenvalue weighted by molar-refractivity contribution is 7.11. The molecule has 0 fully saturated rings. The van der Waals surface area contributed by atoms with Gasteiger partial charge in [0.2, 0.25) is 0 Å². The lowest BCUT2D eigenvalue weighted by Gasteiger charge is -2.03. The second-order valence-corrected chi connectivity index (χ2v) is 3.89. The van der Waals surface area contributed by atoms with Gasteiger partial charge in [-0.3, -0.25) is 9.17 Å². The molecule has 2 rings (SSSR count). The van der Waals surface area contributed by atoms with Gasteiger partial charge in [-0.2, -0.15) is 0 Å². The fourth-order valence-corrected chi connectivity index (χ4v) is 1.88. The van der Waals surface area contributed by atoms with Crippen LogP contribution in [0.15, 0.2) is 29.1 Å². The Morgan fingerprint density at radius 3 is 2.69 bits per heavy atom. The van der Waals surface area contributed by atoms with E-state index in [1.807, 2.05) is 0 Å². The summed E-state index contributed by atoms with van der Waals surface area (Å²) in [4.78, 5) is 14.4. The molecule has 6 heteroatoms. The largest absolute Gasteiger partial charge is 0.399 e. The van der Waals surface area contributed by atoms with Crippen molar-refractivity contribution >= 4 is 33.6 Å². The number of nitrogen functional groups attached to an aromatic ring is 1. The molecule has 0 atom stereocenters. The highest BCUT2D eigenvalue weighted by Gasteiger charge is 2.09. The van der Waals surface area contributed by atoms with E-state index in [0.29, 0.717) is 10.7 Å². The van der Waals surface area contributed by atoms with E-state index in [1.165, 1.54) is 0 Å². The molecule has 2 aromatic rings. The van der Waals surface area contributed by atoms with Gasteiger partial charge in [0.05, 0.1) is 6.57 Å². The maximum atomic E-state index is 11.2. The molecule has 0 saturated heterocycles. The lowest BCUT2D eigenvalue weighted by Crippen LogP contribution is -1.95. The summed E-state index contributed by atoms with van der Waals surface area (Å²) < 4.78 is 2.50. The van der Waals surface area contributed by atoms with E-state index in [9.17, 15) is 4.79 Å². The SMILES string of the molecule is [C-]#[N+]c1c(Nc2ccc(N)cc2)s[nH]c1=O. The van der Waals surface area contributed by atoms with Gasteiger partial charge >= 0.3 is 0 Å². The predicted molar refractivity (Wildman–Crippen MR) is 65.3 cm³/mol. The predicted octanol–water partition coefficient (Wildman–Crippen LogP) is 2.31. The summed E-state index contributed by atoms with van der Waals surface area (Å²) in [6.07, 6.45) is 0. The third-order valence-electron chi connectivity index (χ3n) is 1.96. The number of hydrogen-bond donors (Lipinski definition) is 3. The molecule has 0 bridgehead atoms. The minimum absolute atomic E-state index is 0.0850. The summed E-state index contributed by atoms with van der Waals surface area (Å²) in [5, 5.41) is 3.51. The average molecular weight is 232 g/mol. The normalized spacial score (nSPS) is 9.69. The van der Waals surface area contributed by atoms with Gasteiger partial charge in [-0.15, -0.1) is 0 Å². The maximum Gasteiger partial charge on any atom is 0.285 e. The number of aromatic nitrogens is 1. The van der Waals surface area contributed by atoms with E-state index in [1.54, 1.807) is 24.3 Å². The van der Waals surface area contributed by atoms with Crippen LogP contribution < -0.4 is 16.6 Å². The Hall–Kier alpha value is -2.26. The van der Waals surface area contributed by atoms with Gasteiger partial charge in [0.1, 0.15) is 5.00 Å². The van der Waals surface area contributed by atoms with E-state index in [2.05, 4.69) is 14.5 Å². The van der Waals surface area contributed by atoms with Crippen LogP contribution in [0.2, 0.25) is 0 Å². The first-order valence-corrected chi connectivity index (χ1v) is 5.24. The van der Waals surface area contributed by atoms with Crippen molar-refractivity contribution < 1.29 is 0 Å². The lowest BCUT2D eigenvalue weighted by atomic mass is 10.3. The molecular formula is C10H8N4OS. The number of nitrogens with one attached hydrogen (secondary N) is 2. The zero-order valence-electron chi connectivity index (χ0n) is 8.15. The summed E-state index contributed by atoms with van der Waals surface area (Å²) in [5.41, 5.74) is 6.72. The van der Waals surface area contributed by atoms with Crippen LogP contribution >= 0.6 is 11.5 Å². The van der Waals surface area contributed by atoms with Crippen molar-refractivity contribution in [2.45, 2.75) is 0 Å². The standard InChI is InChI=1S/C10H8N4OS/c1-12-8-9(15)14-16-10(8)13-7-4-2-6(11)3-5-7/h2-5,13H,11H2,(H,14,15). The van der Waals surface area contributed by atoms with Crippen molar-refractivity contribution in [3.63, 3.8) is 0 Å². The number of hydrogen-bond acceptors (Lipinski definition) is 4. The van der Waals surface area contributed by atoms with E-state index < -0.39 is 0 Å². The van der Waals surface area contributed by atoms with Crippen molar-refractivity contribution in [2.24, 2.45) is 0 Å². The molecule has 16 heavy (non-hydrogen) atoms. The van der Waals surface area contributed by atoms with Gasteiger partial charge in [0.25, 0.3) is 11.2 Å². The second kappa shape index (κ2) is 4.08. The van der Waals surface area contributed by atoms with Crippen LogP contribution in [0.4, 0.5) is 22.1 Å². The average Bonchev–Trinajstić information content (AvgIpc) is 2.63. The molecule has 1 aromatic heterocycles. The van der Waals surface area contributed by atoms with E-state index >= 15 is 0 Å². The lowest BCUT2D eigenvalue weighted by molar-refractivity contribution is 1.44. The molecule has 80 valence electrons. The van der Waals surface area contributed by atoms with Gasteiger partial charge in [0.15, 0.2) is 0 Å². The molecule has 0 radical (unpaired) electrons. The zero-order valence-corrected chi connectivity index (χ0v) is 8.97. The van der Waals surface area contributed by atoms with Crippen molar-refractivity contribution in [3.05, 3.63) is 46.0 Å². The Balaban J connectivity index is 2.31. The molecule has 0 aliphatic heterocycles. The third kappa shape index (κ3) is 1.89. The number of anilines is 3. The molecule has 1 heterocycles. The van der Waals surface area contributed by atoms with Crippen molar-refractivity contribution in [3.8, 4) is 0 Å². The van der Waals surface area contributed by atoms with E-state index in [0.717, 1.165) is 17.2 Å². The first-order chi connectivity index (χ1) is 7.70. The summed E-state index contributed by atoms with van der Waals surface area (Å²) in [5.74, 6) is 0. The van der Waals surface area contributed by atoms with Gasteiger partial charge in [-0.1, -0.05) is 11.5 Å². The number of nitrogens with two attached hydrogens (primary N) is 1. The first kappa shape index (κ1) is 10.3. The highest BCUT2D eigenvalue weighted by atomic mass is 32.1. The topological polar surface area (TPSA) is 75.3 Å². The van der Waals surface area contributed by atoms with E-state index in [4.69, 9.17) is 12.3 Å². The van der Waals surface area contributed by atoms with Crippen LogP contribution in [0, 0.1) is 6.57 Å². The summed E-state index contributed by atoms with van der Waals surface area (Å²) in [6, 6.07) is 7.06. The maximum absolute atomic E-state index is 11.2. The minimum atomic E-state index is -0.363. The van der Waals surface area contributed by atoms with Crippen LogP contribution in [0.3, 0.4) is 0 Å². The zero-order chi connectivity index (χ0) is 11.5. The number of nitrogens with zero attached hydrogens (tertiary/aromatic N) is 1. The molecule has 0 amide bonds. The van der Waals surface area contributed by atoms with Gasteiger partial charge in [-0.05, 0) is 24.3 Å². The summed E-state index contributed by atoms with van der Waals surface area (Å²) in [6.45, 7) is 6.89. The smallest absolute Gasteiger partial charge is 0.285 e. The van der Waals surface area contributed by atoms with Gasteiger partial charge in [0, 0.05) is 11.4 Å². The van der Waals surface area contributed by atoms with Gasteiger partial charge in [-0.25, -0.2) is 4.85 Å². The Bertz CT molecular complexity index is 591. The van der Waals surface area contributed by atoms with Crippen LogP contribution in [0.5, 0.6) is 0 Å². The molecule has 5 nitrogen and oxygen atoms in total. The fraction of sp³-hybridized carbons (Fsp3) is 0. The number of H-pyrrole nitrogens is 1. The molecule has 0 aliphatic carbocycles. The molecule has 0 unspecified atom stereocenters. The van der Waals surface area contributed by atoms with Crippen LogP contribution in [-0.2, 0) is 0 Å². The van der Waals surface area contributed by atoms with Crippen molar-refractivity contribution in [1.82, 2.24) is 4.37 Å². The molecule has 4 N–H and O–H groups in total. The molecule has 0 aliphatic rings. The third-order valence-corrected chi connectivity index (χ3v) is 2.74.